The van der Waals surface area contributed by atoms with E-state index in [1.807, 2.05) is 70.2 Å². The van der Waals surface area contributed by atoms with Crippen LogP contribution in [0.5, 0.6) is 11.5 Å². The zero-order chi connectivity index (χ0) is 25.8. The highest BCUT2D eigenvalue weighted by molar-refractivity contribution is 7.99. The molecule has 0 spiro atoms. The molecule has 2 heterocycles. The number of fused-ring (bicyclic) bond motifs is 1. The van der Waals surface area contributed by atoms with E-state index < -0.39 is 6.04 Å². The van der Waals surface area contributed by atoms with E-state index in [0.717, 1.165) is 34.7 Å². The van der Waals surface area contributed by atoms with Crippen molar-refractivity contribution in [1.82, 2.24) is 14.8 Å². The van der Waals surface area contributed by atoms with Crippen molar-refractivity contribution < 1.29 is 14.3 Å². The second-order valence-corrected chi connectivity index (χ2v) is 10.0. The minimum Gasteiger partial charge on any atom is -0.493 e. The predicted molar refractivity (Wildman–Crippen MR) is 144 cm³/mol. The maximum atomic E-state index is 13.7. The molecular formula is C27H33N5O3S. The number of allylic oxidation sites excluding steroid dienone is 1. The number of anilines is 2. The van der Waals surface area contributed by atoms with Gasteiger partial charge in [0.1, 0.15) is 6.04 Å². The number of hydrogen-bond acceptors (Lipinski definition) is 7. The van der Waals surface area contributed by atoms with Crippen molar-refractivity contribution in [2.24, 2.45) is 0 Å². The zero-order valence-electron chi connectivity index (χ0n) is 21.6. The molecule has 0 fully saturated rings. The van der Waals surface area contributed by atoms with Gasteiger partial charge in [0.15, 0.2) is 11.5 Å². The van der Waals surface area contributed by atoms with Gasteiger partial charge in [-0.15, -0.1) is 5.10 Å². The number of methoxy groups -OCH3 is 1. The summed E-state index contributed by atoms with van der Waals surface area (Å²) in [5.74, 6) is 2.55. The first-order valence-corrected chi connectivity index (χ1v) is 13.1. The number of thioether (sulfide) groups is 1. The molecule has 1 aliphatic rings. The van der Waals surface area contributed by atoms with E-state index in [9.17, 15) is 4.79 Å². The van der Waals surface area contributed by atoms with Crippen LogP contribution in [0.15, 0.2) is 58.9 Å². The van der Waals surface area contributed by atoms with Crippen LogP contribution in [0.3, 0.4) is 0 Å². The molecule has 2 aromatic carbocycles. The quantitative estimate of drug-likeness (QED) is 0.353. The van der Waals surface area contributed by atoms with Gasteiger partial charge >= 0.3 is 0 Å². The molecule has 36 heavy (non-hydrogen) atoms. The summed E-state index contributed by atoms with van der Waals surface area (Å²) in [6, 6.07) is 13.0. The Balaban J connectivity index is 1.79. The normalized spacial score (nSPS) is 14.9. The van der Waals surface area contributed by atoms with Gasteiger partial charge in [-0.2, -0.15) is 4.98 Å². The summed E-state index contributed by atoms with van der Waals surface area (Å²) in [7, 11) is 1.61. The zero-order valence-corrected chi connectivity index (χ0v) is 22.4. The van der Waals surface area contributed by atoms with Gasteiger partial charge in [0.25, 0.3) is 5.91 Å². The van der Waals surface area contributed by atoms with Crippen LogP contribution >= 0.6 is 11.8 Å². The van der Waals surface area contributed by atoms with Crippen LogP contribution in [0.25, 0.3) is 0 Å². The molecule has 1 aliphatic heterocycles. The number of nitrogens with one attached hydrogen (secondary N) is 2. The Morgan fingerprint density at radius 3 is 2.69 bits per heavy atom. The van der Waals surface area contributed by atoms with Gasteiger partial charge in [0, 0.05) is 17.1 Å². The van der Waals surface area contributed by atoms with Gasteiger partial charge in [-0.25, -0.2) is 4.68 Å². The highest BCUT2D eigenvalue weighted by Gasteiger charge is 2.35. The molecule has 1 atom stereocenters. The Hall–Kier alpha value is -3.46. The number of aromatic nitrogens is 3. The molecule has 0 radical (unpaired) electrons. The van der Waals surface area contributed by atoms with Gasteiger partial charge in [0.2, 0.25) is 11.1 Å². The smallest absolute Gasteiger partial charge is 0.255 e. The first-order valence-electron chi connectivity index (χ1n) is 12.1. The summed E-state index contributed by atoms with van der Waals surface area (Å²) in [5, 5.41) is 11.8. The highest BCUT2D eigenvalue weighted by Crippen LogP contribution is 2.40. The topological polar surface area (TPSA) is 90.3 Å². The van der Waals surface area contributed by atoms with Gasteiger partial charge in [0.05, 0.1) is 18.8 Å². The van der Waals surface area contributed by atoms with Crippen molar-refractivity contribution in [2.75, 3.05) is 23.5 Å². The van der Waals surface area contributed by atoms with E-state index in [-0.39, 0.29) is 12.0 Å². The van der Waals surface area contributed by atoms with Crippen molar-refractivity contribution in [1.29, 1.82) is 0 Å². The van der Waals surface area contributed by atoms with E-state index in [0.29, 0.717) is 28.2 Å². The third kappa shape index (κ3) is 5.51. The standard InChI is InChI=1S/C27H33N5O3S/c1-7-13-36-27-30-26-28-18(5)23(25(33)29-20-10-8-9-17(4)14-20)24(32(26)31-27)19-11-12-21(35-16(2)3)22(15-19)34-6/h8-12,14-16,24H,7,13H2,1-6H3,(H,29,33)(H,28,30,31). The molecule has 3 aromatic rings. The van der Waals surface area contributed by atoms with E-state index in [1.165, 1.54) is 0 Å². The first kappa shape index (κ1) is 25.6. The number of amides is 1. The molecule has 0 bridgehead atoms. The van der Waals surface area contributed by atoms with Gasteiger partial charge in [-0.3, -0.25) is 4.79 Å². The third-order valence-electron chi connectivity index (χ3n) is 5.66. The summed E-state index contributed by atoms with van der Waals surface area (Å²) in [6.45, 7) is 9.95. The average Bonchev–Trinajstić information content (AvgIpc) is 3.24. The third-order valence-corrected chi connectivity index (χ3v) is 6.70. The molecule has 1 aromatic heterocycles. The predicted octanol–water partition coefficient (Wildman–Crippen LogP) is 5.81. The number of aryl methyl sites for hydroxylation is 1. The summed E-state index contributed by atoms with van der Waals surface area (Å²) >= 11 is 1.60. The Morgan fingerprint density at radius 1 is 1.19 bits per heavy atom. The van der Waals surface area contributed by atoms with Crippen LogP contribution in [0.1, 0.15) is 51.3 Å². The molecule has 190 valence electrons. The number of rotatable bonds is 9. The lowest BCUT2D eigenvalue weighted by atomic mass is 9.94. The maximum Gasteiger partial charge on any atom is 0.255 e. The van der Waals surface area contributed by atoms with Crippen molar-refractivity contribution in [3.63, 3.8) is 0 Å². The lowest BCUT2D eigenvalue weighted by Gasteiger charge is -2.29. The van der Waals surface area contributed by atoms with E-state index >= 15 is 0 Å². The molecule has 4 rings (SSSR count). The molecule has 0 saturated heterocycles. The Labute approximate surface area is 216 Å². The van der Waals surface area contributed by atoms with Gasteiger partial charge in [-0.1, -0.05) is 36.9 Å². The lowest BCUT2D eigenvalue weighted by molar-refractivity contribution is -0.113. The molecular weight excluding hydrogens is 474 g/mol. The average molecular weight is 508 g/mol. The highest BCUT2D eigenvalue weighted by atomic mass is 32.2. The Morgan fingerprint density at radius 2 is 2.00 bits per heavy atom. The molecule has 8 nitrogen and oxygen atoms in total. The lowest BCUT2D eigenvalue weighted by Crippen LogP contribution is -2.31. The maximum absolute atomic E-state index is 13.7. The first-order chi connectivity index (χ1) is 17.3. The fourth-order valence-corrected chi connectivity index (χ4v) is 4.80. The summed E-state index contributed by atoms with van der Waals surface area (Å²) in [4.78, 5) is 18.4. The fraction of sp³-hybridized carbons (Fsp3) is 0.370. The Bertz CT molecular complexity index is 1280. The molecule has 1 amide bonds. The van der Waals surface area contributed by atoms with Crippen molar-refractivity contribution in [3.05, 3.63) is 64.9 Å². The summed E-state index contributed by atoms with van der Waals surface area (Å²) < 4.78 is 13.3. The van der Waals surface area contributed by atoms with E-state index in [4.69, 9.17) is 14.6 Å². The minimum atomic E-state index is -0.503. The SMILES string of the molecule is CCCSc1nc2n(n1)C(c1ccc(OC(C)C)c(OC)c1)C(C(=O)Nc1cccc(C)c1)=C(C)N2. The van der Waals surface area contributed by atoms with Crippen LogP contribution in [0.4, 0.5) is 11.6 Å². The molecule has 1 unspecified atom stereocenters. The van der Waals surface area contributed by atoms with Crippen molar-refractivity contribution in [2.45, 2.75) is 58.3 Å². The van der Waals surface area contributed by atoms with Crippen molar-refractivity contribution in [3.8, 4) is 11.5 Å². The number of hydrogen-bond donors (Lipinski definition) is 2. The summed E-state index contributed by atoms with van der Waals surface area (Å²) in [6.07, 6.45) is 1.02. The molecule has 2 N–H and O–H groups in total. The van der Waals surface area contributed by atoms with Crippen LogP contribution in [-0.2, 0) is 4.79 Å². The van der Waals surface area contributed by atoms with Crippen LogP contribution in [-0.4, -0.2) is 39.6 Å². The Kier molecular flexibility index (Phi) is 7.88. The van der Waals surface area contributed by atoms with Crippen LogP contribution < -0.4 is 20.1 Å². The second kappa shape index (κ2) is 11.1. The minimum absolute atomic E-state index is 0.00139. The number of carbonyl (C=O) groups excluding carboxylic acids is 1. The van der Waals surface area contributed by atoms with Crippen LogP contribution in [0.2, 0.25) is 0 Å². The van der Waals surface area contributed by atoms with Crippen LogP contribution in [0, 0.1) is 6.92 Å². The largest absolute Gasteiger partial charge is 0.493 e. The van der Waals surface area contributed by atoms with Gasteiger partial charge < -0.3 is 20.1 Å². The number of nitrogens with zero attached hydrogens (tertiary/aromatic N) is 3. The number of ether oxygens (including phenoxy) is 2. The number of benzene rings is 2. The molecule has 0 aliphatic carbocycles. The second-order valence-electron chi connectivity index (χ2n) is 8.98. The van der Waals surface area contributed by atoms with E-state index in [1.54, 1.807) is 23.6 Å². The van der Waals surface area contributed by atoms with Gasteiger partial charge in [-0.05, 0) is 69.5 Å². The molecule has 0 saturated carbocycles. The number of carbonyl (C=O) groups is 1. The monoisotopic (exact) mass is 507 g/mol. The summed E-state index contributed by atoms with van der Waals surface area (Å²) in [5.41, 5.74) is 3.93. The molecule has 9 heteroatoms. The van der Waals surface area contributed by atoms with Crippen molar-refractivity contribution >= 4 is 29.3 Å². The van der Waals surface area contributed by atoms with E-state index in [2.05, 4.69) is 22.5 Å². The fourth-order valence-electron chi connectivity index (χ4n) is 4.11.